The first-order valence-electron chi connectivity index (χ1n) is 9.66. The molecule has 4 aromatic rings. The highest BCUT2D eigenvalue weighted by Gasteiger charge is 2.34. The SMILES string of the molecule is Cc1ccc(C2=NN(C(=O)CSc3nc4ccccc4o3)[C@@H](c3ccco3)C2)cc1. The van der Waals surface area contributed by atoms with E-state index in [4.69, 9.17) is 8.83 Å². The highest BCUT2D eigenvalue weighted by Crippen LogP contribution is 2.34. The third-order valence-corrected chi connectivity index (χ3v) is 5.83. The van der Waals surface area contributed by atoms with Gasteiger partial charge >= 0.3 is 0 Å². The molecule has 1 amide bonds. The zero-order valence-electron chi connectivity index (χ0n) is 16.3. The first-order chi connectivity index (χ1) is 14.7. The summed E-state index contributed by atoms with van der Waals surface area (Å²) in [6, 6.07) is 19.2. The molecule has 3 heterocycles. The Balaban J connectivity index is 1.37. The Morgan fingerprint density at radius 2 is 1.97 bits per heavy atom. The Bertz CT molecular complexity index is 1180. The lowest BCUT2D eigenvalue weighted by Crippen LogP contribution is -2.28. The Labute approximate surface area is 177 Å². The van der Waals surface area contributed by atoms with Crippen LogP contribution >= 0.6 is 11.8 Å². The summed E-state index contributed by atoms with van der Waals surface area (Å²) in [5.74, 6) is 0.779. The van der Waals surface area contributed by atoms with Crippen molar-refractivity contribution in [3.8, 4) is 0 Å². The maximum atomic E-state index is 13.1. The number of fused-ring (bicyclic) bond motifs is 1. The molecule has 0 unspecified atom stereocenters. The van der Waals surface area contributed by atoms with Crippen molar-refractivity contribution in [2.75, 3.05) is 5.75 Å². The van der Waals surface area contributed by atoms with Gasteiger partial charge in [-0.3, -0.25) is 4.79 Å². The Morgan fingerprint density at radius 1 is 1.13 bits per heavy atom. The minimum Gasteiger partial charge on any atom is -0.467 e. The number of aryl methyl sites for hydroxylation is 1. The van der Waals surface area contributed by atoms with Gasteiger partial charge in [0.25, 0.3) is 11.1 Å². The molecule has 1 aliphatic rings. The zero-order valence-corrected chi connectivity index (χ0v) is 17.1. The van der Waals surface area contributed by atoms with Crippen LogP contribution in [0.3, 0.4) is 0 Å². The largest absolute Gasteiger partial charge is 0.467 e. The fraction of sp³-hybridized carbons (Fsp3) is 0.174. The number of nitrogens with zero attached hydrogens (tertiary/aromatic N) is 3. The summed E-state index contributed by atoms with van der Waals surface area (Å²) >= 11 is 1.27. The summed E-state index contributed by atoms with van der Waals surface area (Å²) in [7, 11) is 0. The number of carbonyl (C=O) groups is 1. The normalized spacial score (nSPS) is 16.2. The number of aromatic nitrogens is 1. The summed E-state index contributed by atoms with van der Waals surface area (Å²) in [4.78, 5) is 17.5. The van der Waals surface area contributed by atoms with Crippen molar-refractivity contribution in [1.29, 1.82) is 0 Å². The van der Waals surface area contributed by atoms with Crippen LogP contribution in [0.25, 0.3) is 11.1 Å². The van der Waals surface area contributed by atoms with Crippen LogP contribution in [0.1, 0.15) is 29.3 Å². The van der Waals surface area contributed by atoms with Crippen molar-refractivity contribution in [1.82, 2.24) is 9.99 Å². The van der Waals surface area contributed by atoms with E-state index in [1.807, 2.05) is 67.6 Å². The molecular formula is C23H19N3O3S. The standard InChI is InChI=1S/C23H19N3O3S/c1-15-8-10-16(11-9-15)18-13-19(21-7-4-12-28-21)26(25-18)22(27)14-30-23-24-17-5-2-3-6-20(17)29-23/h2-12,19H,13-14H2,1H3/t19-/m1/s1. The quantitative estimate of drug-likeness (QED) is 0.417. The molecule has 0 N–H and O–H groups in total. The van der Waals surface area contributed by atoms with Crippen molar-refractivity contribution in [3.05, 3.63) is 83.8 Å². The molecule has 5 rings (SSSR count). The second kappa shape index (κ2) is 7.84. The van der Waals surface area contributed by atoms with Crippen LogP contribution in [-0.2, 0) is 4.79 Å². The number of hydrazone groups is 1. The van der Waals surface area contributed by atoms with Gasteiger partial charge in [-0.15, -0.1) is 0 Å². The maximum Gasteiger partial charge on any atom is 0.257 e. The molecule has 1 atom stereocenters. The van der Waals surface area contributed by atoms with Crippen molar-refractivity contribution in [3.63, 3.8) is 0 Å². The lowest BCUT2D eigenvalue weighted by atomic mass is 10.0. The van der Waals surface area contributed by atoms with Crippen molar-refractivity contribution < 1.29 is 13.6 Å². The van der Waals surface area contributed by atoms with Crippen molar-refractivity contribution >= 4 is 34.5 Å². The number of furan rings is 1. The lowest BCUT2D eigenvalue weighted by Gasteiger charge is -2.19. The minimum absolute atomic E-state index is 0.120. The van der Waals surface area contributed by atoms with E-state index in [1.165, 1.54) is 22.3 Å². The van der Waals surface area contributed by atoms with E-state index in [9.17, 15) is 4.79 Å². The molecule has 6 nitrogen and oxygen atoms in total. The summed E-state index contributed by atoms with van der Waals surface area (Å²) in [6.07, 6.45) is 2.23. The Hall–Kier alpha value is -3.32. The molecule has 2 aromatic carbocycles. The number of amides is 1. The van der Waals surface area contributed by atoms with Gasteiger partial charge in [0.05, 0.1) is 17.7 Å². The predicted octanol–water partition coefficient (Wildman–Crippen LogP) is 5.20. The fourth-order valence-electron chi connectivity index (χ4n) is 3.47. The molecule has 0 bridgehead atoms. The maximum absolute atomic E-state index is 13.1. The van der Waals surface area contributed by atoms with E-state index in [0.717, 1.165) is 22.6 Å². The number of rotatable bonds is 5. The van der Waals surface area contributed by atoms with Crippen LogP contribution in [0.2, 0.25) is 0 Å². The summed E-state index contributed by atoms with van der Waals surface area (Å²) < 4.78 is 11.3. The van der Waals surface area contributed by atoms with Crippen LogP contribution < -0.4 is 0 Å². The molecule has 30 heavy (non-hydrogen) atoms. The van der Waals surface area contributed by atoms with Gasteiger partial charge in [0.1, 0.15) is 17.3 Å². The zero-order chi connectivity index (χ0) is 20.5. The number of benzene rings is 2. The molecule has 0 aliphatic carbocycles. The molecule has 0 saturated carbocycles. The van der Waals surface area contributed by atoms with Gasteiger partial charge in [0, 0.05) is 6.42 Å². The third-order valence-electron chi connectivity index (χ3n) is 5.02. The average Bonchev–Trinajstić information content (AvgIpc) is 3.51. The number of hydrogen-bond donors (Lipinski definition) is 0. The summed E-state index contributed by atoms with van der Waals surface area (Å²) in [5.41, 5.74) is 4.56. The fourth-order valence-corrected chi connectivity index (χ4v) is 4.16. The molecule has 0 fully saturated rings. The predicted molar refractivity (Wildman–Crippen MR) is 115 cm³/mol. The van der Waals surface area contributed by atoms with Gasteiger partial charge in [-0.1, -0.05) is 53.7 Å². The van der Waals surface area contributed by atoms with Gasteiger partial charge in [0.2, 0.25) is 0 Å². The second-order valence-electron chi connectivity index (χ2n) is 7.12. The Kier molecular flexibility index (Phi) is 4.88. The molecule has 0 spiro atoms. The second-order valence-corrected chi connectivity index (χ2v) is 8.05. The van der Waals surface area contributed by atoms with Gasteiger partial charge in [0.15, 0.2) is 5.58 Å². The molecule has 150 valence electrons. The van der Waals surface area contributed by atoms with Gasteiger partial charge in [-0.25, -0.2) is 9.99 Å². The van der Waals surface area contributed by atoms with E-state index >= 15 is 0 Å². The number of oxazole rings is 1. The third kappa shape index (κ3) is 3.64. The highest BCUT2D eigenvalue weighted by atomic mass is 32.2. The van der Waals surface area contributed by atoms with E-state index < -0.39 is 0 Å². The smallest absolute Gasteiger partial charge is 0.257 e. The summed E-state index contributed by atoms with van der Waals surface area (Å²) in [5, 5.41) is 6.66. The summed E-state index contributed by atoms with van der Waals surface area (Å²) in [6.45, 7) is 2.05. The Morgan fingerprint density at radius 3 is 2.73 bits per heavy atom. The van der Waals surface area contributed by atoms with Crippen LogP contribution in [0.5, 0.6) is 0 Å². The molecule has 7 heteroatoms. The van der Waals surface area contributed by atoms with Gasteiger partial charge in [-0.05, 0) is 36.8 Å². The number of carbonyl (C=O) groups excluding carboxylic acids is 1. The van der Waals surface area contributed by atoms with Crippen LogP contribution in [0.15, 0.2) is 86.1 Å². The van der Waals surface area contributed by atoms with Crippen LogP contribution in [-0.4, -0.2) is 27.4 Å². The van der Waals surface area contributed by atoms with Gasteiger partial charge < -0.3 is 8.83 Å². The molecule has 2 aromatic heterocycles. The molecule has 0 saturated heterocycles. The molecular weight excluding hydrogens is 398 g/mol. The van der Waals surface area contributed by atoms with E-state index in [-0.39, 0.29) is 17.7 Å². The minimum atomic E-state index is -0.256. The number of thioether (sulfide) groups is 1. The van der Waals surface area contributed by atoms with Crippen LogP contribution in [0, 0.1) is 6.92 Å². The van der Waals surface area contributed by atoms with E-state index in [0.29, 0.717) is 17.2 Å². The number of para-hydroxylation sites is 2. The topological polar surface area (TPSA) is 71.8 Å². The van der Waals surface area contributed by atoms with E-state index in [1.54, 1.807) is 6.26 Å². The van der Waals surface area contributed by atoms with Crippen molar-refractivity contribution in [2.24, 2.45) is 5.10 Å². The molecule has 1 aliphatic heterocycles. The first kappa shape index (κ1) is 18.7. The van der Waals surface area contributed by atoms with Gasteiger partial charge in [-0.2, -0.15) is 5.10 Å². The lowest BCUT2D eigenvalue weighted by molar-refractivity contribution is -0.130. The highest BCUT2D eigenvalue weighted by molar-refractivity contribution is 7.99. The average molecular weight is 417 g/mol. The molecule has 0 radical (unpaired) electrons. The van der Waals surface area contributed by atoms with Crippen molar-refractivity contribution in [2.45, 2.75) is 24.6 Å². The first-order valence-corrected chi connectivity index (χ1v) is 10.6. The van der Waals surface area contributed by atoms with Crippen LogP contribution in [0.4, 0.5) is 0 Å². The van der Waals surface area contributed by atoms with E-state index in [2.05, 4.69) is 10.1 Å². The number of hydrogen-bond acceptors (Lipinski definition) is 6. The monoisotopic (exact) mass is 417 g/mol.